The predicted molar refractivity (Wildman–Crippen MR) is 147 cm³/mol. The molecule has 0 aliphatic carbocycles. The molecule has 8 heteroatoms. The summed E-state index contributed by atoms with van der Waals surface area (Å²) in [5, 5.41) is 15.6. The molecule has 2 atom stereocenters. The number of phenolic OH excluding ortho intramolecular Hbond substituents is 1. The Balaban J connectivity index is 3.49. The maximum atomic E-state index is 14.1. The third kappa shape index (κ3) is 12.3. The summed E-state index contributed by atoms with van der Waals surface area (Å²) in [7, 11) is 0. The van der Waals surface area contributed by atoms with Crippen molar-refractivity contribution in [1.82, 2.24) is 15.5 Å². The predicted octanol–water partition coefficient (Wildman–Crippen LogP) is 5.70. The first-order valence-electron chi connectivity index (χ1n) is 13.4. The van der Waals surface area contributed by atoms with Gasteiger partial charge in [-0.15, -0.1) is 0 Å². The molecular weight excluding hydrogens is 470 g/mol. The molecule has 1 rings (SSSR count). The maximum Gasteiger partial charge on any atom is 0.408 e. The number of amides is 3. The summed E-state index contributed by atoms with van der Waals surface area (Å²) in [5.74, 6) is -0.467. The molecule has 1 aromatic carbocycles. The first-order valence-corrected chi connectivity index (χ1v) is 13.4. The standard InChI is InChI=1S/C29H49N3O5/c1-10-11-12-13-18-32(26(35)23(19-20(2)3)30-27(36)37-29(7,8)9)24(25(34)31-28(4,5)6)21-14-16-22(33)17-15-21/h14-17,20,23-24,33H,10-13,18-19H2,1-9H3,(H,30,36)(H,31,34). The number of aromatic hydroxyl groups is 1. The zero-order chi connectivity index (χ0) is 28.4. The van der Waals surface area contributed by atoms with Gasteiger partial charge in [-0.05, 0) is 78.0 Å². The van der Waals surface area contributed by atoms with E-state index >= 15 is 0 Å². The largest absolute Gasteiger partial charge is 0.508 e. The zero-order valence-electron chi connectivity index (χ0n) is 24.3. The van der Waals surface area contributed by atoms with Gasteiger partial charge in [0.05, 0.1) is 0 Å². The first-order chi connectivity index (χ1) is 17.0. The van der Waals surface area contributed by atoms with Crippen molar-refractivity contribution in [2.24, 2.45) is 5.92 Å². The molecule has 37 heavy (non-hydrogen) atoms. The number of benzene rings is 1. The van der Waals surface area contributed by atoms with Crippen molar-refractivity contribution in [1.29, 1.82) is 0 Å². The van der Waals surface area contributed by atoms with Crippen LogP contribution in [0.1, 0.15) is 106 Å². The van der Waals surface area contributed by atoms with Gasteiger partial charge < -0.3 is 25.4 Å². The molecule has 0 radical (unpaired) electrons. The molecule has 0 aromatic heterocycles. The Morgan fingerprint density at radius 3 is 2.05 bits per heavy atom. The molecule has 8 nitrogen and oxygen atoms in total. The zero-order valence-corrected chi connectivity index (χ0v) is 24.3. The molecule has 0 saturated heterocycles. The van der Waals surface area contributed by atoms with Crippen LogP contribution in [0.2, 0.25) is 0 Å². The minimum Gasteiger partial charge on any atom is -0.508 e. The normalized spacial score (nSPS) is 13.6. The molecular formula is C29H49N3O5. The van der Waals surface area contributed by atoms with Crippen LogP contribution in [0.3, 0.4) is 0 Å². The van der Waals surface area contributed by atoms with Gasteiger partial charge in [-0.25, -0.2) is 4.79 Å². The summed E-state index contributed by atoms with van der Waals surface area (Å²) in [6, 6.07) is 4.56. The second-order valence-corrected chi connectivity index (χ2v) is 12.2. The van der Waals surface area contributed by atoms with Crippen molar-refractivity contribution in [3.63, 3.8) is 0 Å². The maximum absolute atomic E-state index is 14.1. The number of hydrogen-bond acceptors (Lipinski definition) is 5. The van der Waals surface area contributed by atoms with Gasteiger partial charge in [0.25, 0.3) is 0 Å². The fourth-order valence-corrected chi connectivity index (χ4v) is 3.99. The van der Waals surface area contributed by atoms with Crippen LogP contribution in [-0.2, 0) is 14.3 Å². The van der Waals surface area contributed by atoms with Crippen LogP contribution >= 0.6 is 0 Å². The summed E-state index contributed by atoms with van der Waals surface area (Å²) in [4.78, 5) is 42.0. The van der Waals surface area contributed by atoms with Crippen molar-refractivity contribution in [3.8, 4) is 5.75 Å². The van der Waals surface area contributed by atoms with E-state index in [4.69, 9.17) is 4.74 Å². The fourth-order valence-electron chi connectivity index (χ4n) is 3.99. The van der Waals surface area contributed by atoms with Crippen molar-refractivity contribution < 1.29 is 24.2 Å². The van der Waals surface area contributed by atoms with Gasteiger partial charge in [-0.1, -0.05) is 52.2 Å². The van der Waals surface area contributed by atoms with Gasteiger partial charge in [0.2, 0.25) is 11.8 Å². The topological polar surface area (TPSA) is 108 Å². The molecule has 0 saturated carbocycles. The molecule has 0 aliphatic heterocycles. The molecule has 2 unspecified atom stereocenters. The van der Waals surface area contributed by atoms with E-state index < -0.39 is 29.3 Å². The number of alkyl carbamates (subject to hydrolysis) is 1. The van der Waals surface area contributed by atoms with Crippen molar-refractivity contribution in [2.75, 3.05) is 6.54 Å². The number of ether oxygens (including phenoxy) is 1. The molecule has 0 aliphatic rings. The molecule has 210 valence electrons. The van der Waals surface area contributed by atoms with Crippen LogP contribution < -0.4 is 10.6 Å². The van der Waals surface area contributed by atoms with Crippen LogP contribution in [0.25, 0.3) is 0 Å². The number of hydrogen-bond donors (Lipinski definition) is 3. The molecule has 3 N–H and O–H groups in total. The Morgan fingerprint density at radius 2 is 1.57 bits per heavy atom. The quantitative estimate of drug-likeness (QED) is 0.307. The number of carbonyl (C=O) groups is 3. The van der Waals surface area contributed by atoms with Crippen molar-refractivity contribution in [3.05, 3.63) is 29.8 Å². The smallest absolute Gasteiger partial charge is 0.408 e. The Labute approximate surface area is 223 Å². The molecule has 0 spiro atoms. The Kier molecular flexibility index (Phi) is 12.4. The Hall–Kier alpha value is -2.77. The van der Waals surface area contributed by atoms with Gasteiger partial charge in [0, 0.05) is 12.1 Å². The SMILES string of the molecule is CCCCCCN(C(=O)C(CC(C)C)NC(=O)OC(C)(C)C)C(C(=O)NC(C)(C)C)c1ccc(O)cc1. The van der Waals surface area contributed by atoms with Crippen LogP contribution in [-0.4, -0.2) is 51.6 Å². The van der Waals surface area contributed by atoms with Gasteiger partial charge in [-0.3, -0.25) is 9.59 Å². The van der Waals surface area contributed by atoms with Crippen LogP contribution in [0.15, 0.2) is 24.3 Å². The lowest BCUT2D eigenvalue weighted by atomic mass is 9.97. The number of nitrogens with zero attached hydrogens (tertiary/aromatic N) is 1. The summed E-state index contributed by atoms with van der Waals surface area (Å²) < 4.78 is 5.44. The van der Waals surface area contributed by atoms with E-state index in [0.717, 1.165) is 25.7 Å². The fraction of sp³-hybridized carbons (Fsp3) is 0.690. The van der Waals surface area contributed by atoms with E-state index in [-0.39, 0.29) is 23.5 Å². The number of unbranched alkanes of at least 4 members (excludes halogenated alkanes) is 3. The van der Waals surface area contributed by atoms with E-state index in [2.05, 4.69) is 17.6 Å². The highest BCUT2D eigenvalue weighted by Gasteiger charge is 2.37. The van der Waals surface area contributed by atoms with Crippen LogP contribution in [0.5, 0.6) is 5.75 Å². The third-order valence-corrected chi connectivity index (χ3v) is 5.50. The first kappa shape index (κ1) is 32.3. The highest BCUT2D eigenvalue weighted by atomic mass is 16.6. The number of nitrogens with one attached hydrogen (secondary N) is 2. The molecule has 3 amide bonds. The van der Waals surface area contributed by atoms with Gasteiger partial charge in [0.15, 0.2) is 0 Å². The minimum absolute atomic E-state index is 0.0730. The lowest BCUT2D eigenvalue weighted by Gasteiger charge is -2.36. The van der Waals surface area contributed by atoms with E-state index in [9.17, 15) is 19.5 Å². The van der Waals surface area contributed by atoms with Crippen molar-refractivity contribution in [2.45, 2.75) is 118 Å². The highest BCUT2D eigenvalue weighted by molar-refractivity contribution is 5.92. The van der Waals surface area contributed by atoms with Crippen LogP contribution in [0.4, 0.5) is 4.79 Å². The summed E-state index contributed by atoms with van der Waals surface area (Å²) in [5.41, 5.74) is -0.643. The molecule has 0 heterocycles. The summed E-state index contributed by atoms with van der Waals surface area (Å²) >= 11 is 0. The average Bonchev–Trinajstić information content (AvgIpc) is 2.73. The average molecular weight is 520 g/mol. The number of phenols is 1. The molecule has 0 fully saturated rings. The summed E-state index contributed by atoms with van der Waals surface area (Å²) in [6.07, 6.45) is 3.42. The number of carbonyl (C=O) groups excluding carboxylic acids is 3. The summed E-state index contributed by atoms with van der Waals surface area (Å²) in [6.45, 7) is 17.4. The minimum atomic E-state index is -0.927. The lowest BCUT2D eigenvalue weighted by molar-refractivity contribution is -0.143. The second kappa shape index (κ2) is 14.2. The lowest BCUT2D eigenvalue weighted by Crippen LogP contribution is -2.55. The van der Waals surface area contributed by atoms with E-state index in [1.807, 2.05) is 34.6 Å². The molecule has 1 aromatic rings. The molecule has 0 bridgehead atoms. The van der Waals surface area contributed by atoms with Gasteiger partial charge in [-0.2, -0.15) is 0 Å². The van der Waals surface area contributed by atoms with E-state index in [1.165, 1.54) is 12.1 Å². The van der Waals surface area contributed by atoms with Gasteiger partial charge >= 0.3 is 6.09 Å². The van der Waals surface area contributed by atoms with E-state index in [1.54, 1.807) is 37.8 Å². The van der Waals surface area contributed by atoms with E-state index in [0.29, 0.717) is 18.5 Å². The Bertz CT molecular complexity index is 869. The van der Waals surface area contributed by atoms with Crippen molar-refractivity contribution >= 4 is 17.9 Å². The second-order valence-electron chi connectivity index (χ2n) is 12.2. The Morgan fingerprint density at radius 1 is 0.973 bits per heavy atom. The van der Waals surface area contributed by atoms with Crippen LogP contribution in [0, 0.1) is 5.92 Å². The monoisotopic (exact) mass is 519 g/mol. The third-order valence-electron chi connectivity index (χ3n) is 5.50. The highest BCUT2D eigenvalue weighted by Crippen LogP contribution is 2.27. The number of rotatable bonds is 12. The van der Waals surface area contributed by atoms with Gasteiger partial charge in [0.1, 0.15) is 23.4 Å².